The molecule has 3 rings (SSSR count). The molecule has 0 bridgehead atoms. The van der Waals surface area contributed by atoms with Gasteiger partial charge in [-0.1, -0.05) is 0 Å². The maximum Gasteiger partial charge on any atom is 0.266 e. The fraction of sp³-hybridized carbons (Fsp3) is 0.350. The number of nitrogens with zero attached hydrogens (tertiary/aromatic N) is 3. The van der Waals surface area contributed by atoms with Crippen molar-refractivity contribution in [3.8, 4) is 0 Å². The molecule has 0 atom stereocenters. The van der Waals surface area contributed by atoms with Crippen LogP contribution in [0.3, 0.4) is 0 Å². The minimum absolute atomic E-state index is 0.134. The van der Waals surface area contributed by atoms with E-state index in [1.807, 2.05) is 24.3 Å². The number of carbonyl (C=O) groups excluding carboxylic acids is 1. The van der Waals surface area contributed by atoms with E-state index in [1.54, 1.807) is 14.0 Å². The summed E-state index contributed by atoms with van der Waals surface area (Å²) < 4.78 is 1.43. The van der Waals surface area contributed by atoms with Gasteiger partial charge < -0.3 is 14.8 Å². The zero-order valence-electron chi connectivity index (χ0n) is 16.2. The fourth-order valence-corrected chi connectivity index (χ4v) is 4.23. The zero-order chi connectivity index (χ0) is 19.7. The average Bonchev–Trinajstić information content (AvgIpc) is 2.97. The molecule has 27 heavy (non-hydrogen) atoms. The third-order valence-electron chi connectivity index (χ3n) is 4.64. The summed E-state index contributed by atoms with van der Waals surface area (Å²) in [7, 11) is 1.66. The lowest BCUT2D eigenvalue weighted by Crippen LogP contribution is -2.30. The van der Waals surface area contributed by atoms with Gasteiger partial charge in [-0.15, -0.1) is 11.3 Å². The van der Waals surface area contributed by atoms with E-state index in [-0.39, 0.29) is 11.5 Å². The first kappa shape index (κ1) is 19.1. The van der Waals surface area contributed by atoms with Crippen LogP contribution in [0.5, 0.6) is 0 Å². The van der Waals surface area contributed by atoms with Gasteiger partial charge in [-0.2, -0.15) is 0 Å². The Morgan fingerprint density at radius 3 is 2.56 bits per heavy atom. The second-order valence-electron chi connectivity index (χ2n) is 6.78. The van der Waals surface area contributed by atoms with Gasteiger partial charge in [0.2, 0.25) is 0 Å². The first-order valence-electron chi connectivity index (χ1n) is 8.96. The summed E-state index contributed by atoms with van der Waals surface area (Å²) in [6, 6.07) is 8.23. The molecule has 0 saturated heterocycles. The van der Waals surface area contributed by atoms with Crippen molar-refractivity contribution in [2.45, 2.75) is 33.7 Å². The van der Waals surface area contributed by atoms with Crippen molar-refractivity contribution in [2.75, 3.05) is 16.8 Å². The third-order valence-corrected chi connectivity index (χ3v) is 5.84. The molecule has 0 fully saturated rings. The quantitative estimate of drug-likeness (QED) is 0.727. The van der Waals surface area contributed by atoms with E-state index in [0.29, 0.717) is 26.7 Å². The van der Waals surface area contributed by atoms with Crippen molar-refractivity contribution < 1.29 is 4.79 Å². The molecular weight excluding hydrogens is 360 g/mol. The Balaban J connectivity index is 1.86. The minimum atomic E-state index is -0.221. The molecule has 1 amide bonds. The van der Waals surface area contributed by atoms with Gasteiger partial charge in [0.05, 0.1) is 16.6 Å². The first-order chi connectivity index (χ1) is 12.8. The van der Waals surface area contributed by atoms with Crippen LogP contribution in [-0.2, 0) is 7.05 Å². The zero-order valence-corrected chi connectivity index (χ0v) is 17.1. The number of hydrogen-bond donors (Lipinski definition) is 1. The van der Waals surface area contributed by atoms with Gasteiger partial charge in [-0.25, -0.2) is 4.98 Å². The van der Waals surface area contributed by atoms with Crippen LogP contribution in [0.2, 0.25) is 0 Å². The summed E-state index contributed by atoms with van der Waals surface area (Å²) in [6.45, 7) is 9.15. The van der Waals surface area contributed by atoms with Crippen LogP contribution in [0.1, 0.15) is 36.0 Å². The van der Waals surface area contributed by atoms with E-state index in [0.717, 1.165) is 17.9 Å². The Labute approximate surface area is 162 Å². The summed E-state index contributed by atoms with van der Waals surface area (Å²) in [6.07, 6.45) is 1.48. The Hall–Kier alpha value is -2.67. The summed E-state index contributed by atoms with van der Waals surface area (Å²) in [5.74, 6) is -0.221. The van der Waals surface area contributed by atoms with Gasteiger partial charge >= 0.3 is 0 Å². The van der Waals surface area contributed by atoms with Crippen molar-refractivity contribution >= 4 is 38.8 Å². The van der Waals surface area contributed by atoms with Crippen molar-refractivity contribution in [3.05, 3.63) is 51.4 Å². The number of hydrogen-bond acceptors (Lipinski definition) is 5. The van der Waals surface area contributed by atoms with Crippen LogP contribution < -0.4 is 15.8 Å². The minimum Gasteiger partial charge on any atom is -0.369 e. The Morgan fingerprint density at radius 2 is 1.96 bits per heavy atom. The van der Waals surface area contributed by atoms with Gasteiger partial charge in [-0.3, -0.25) is 9.59 Å². The van der Waals surface area contributed by atoms with Crippen LogP contribution in [0.15, 0.2) is 35.4 Å². The predicted molar refractivity (Wildman–Crippen MR) is 112 cm³/mol. The van der Waals surface area contributed by atoms with Crippen LogP contribution in [0, 0.1) is 6.92 Å². The highest BCUT2D eigenvalue weighted by molar-refractivity contribution is 7.20. The van der Waals surface area contributed by atoms with E-state index < -0.39 is 0 Å². The average molecular weight is 385 g/mol. The monoisotopic (exact) mass is 384 g/mol. The number of benzene rings is 1. The number of aromatic nitrogens is 2. The molecule has 0 aliphatic carbocycles. The Bertz CT molecular complexity index is 1030. The maximum atomic E-state index is 12.7. The second-order valence-corrected chi connectivity index (χ2v) is 7.78. The highest BCUT2D eigenvalue weighted by Crippen LogP contribution is 2.28. The molecule has 0 unspecified atom stereocenters. The normalized spacial score (nSPS) is 11.2. The van der Waals surface area contributed by atoms with Gasteiger partial charge in [0.25, 0.3) is 11.5 Å². The number of carbonyl (C=O) groups is 1. The summed E-state index contributed by atoms with van der Waals surface area (Å²) in [5, 5.41) is 3.44. The molecule has 0 spiro atoms. The third kappa shape index (κ3) is 3.60. The molecule has 0 aliphatic rings. The number of amides is 1. The van der Waals surface area contributed by atoms with Gasteiger partial charge in [0.1, 0.15) is 4.83 Å². The molecule has 2 aromatic heterocycles. The largest absolute Gasteiger partial charge is 0.369 e. The summed E-state index contributed by atoms with van der Waals surface area (Å²) in [4.78, 5) is 32.7. The number of thiophene rings is 1. The van der Waals surface area contributed by atoms with Gasteiger partial charge in [0, 0.05) is 31.0 Å². The van der Waals surface area contributed by atoms with E-state index in [9.17, 15) is 9.59 Å². The predicted octanol–water partition coefficient (Wildman–Crippen LogP) is 3.79. The molecule has 0 saturated carbocycles. The van der Waals surface area contributed by atoms with Crippen molar-refractivity contribution in [1.82, 2.24) is 9.55 Å². The number of aryl methyl sites for hydroxylation is 2. The van der Waals surface area contributed by atoms with E-state index in [4.69, 9.17) is 0 Å². The molecule has 0 radical (unpaired) electrons. The topological polar surface area (TPSA) is 67.2 Å². The summed E-state index contributed by atoms with van der Waals surface area (Å²) in [5.41, 5.74) is 2.39. The van der Waals surface area contributed by atoms with E-state index >= 15 is 0 Å². The van der Waals surface area contributed by atoms with E-state index in [1.165, 1.54) is 22.2 Å². The number of anilines is 2. The highest BCUT2D eigenvalue weighted by Gasteiger charge is 2.19. The van der Waals surface area contributed by atoms with Crippen molar-refractivity contribution in [3.63, 3.8) is 0 Å². The molecule has 7 heteroatoms. The van der Waals surface area contributed by atoms with Gasteiger partial charge in [-0.05, 0) is 57.5 Å². The molecule has 1 N–H and O–H groups in total. The highest BCUT2D eigenvalue weighted by atomic mass is 32.1. The second kappa shape index (κ2) is 7.52. The molecule has 6 nitrogen and oxygen atoms in total. The fourth-order valence-electron chi connectivity index (χ4n) is 3.20. The number of rotatable bonds is 5. The van der Waals surface area contributed by atoms with Crippen LogP contribution in [0.25, 0.3) is 10.2 Å². The lowest BCUT2D eigenvalue weighted by atomic mass is 10.2. The lowest BCUT2D eigenvalue weighted by molar-refractivity contribution is 0.103. The molecule has 3 aromatic rings. The van der Waals surface area contributed by atoms with Crippen LogP contribution in [-0.4, -0.2) is 28.0 Å². The first-order valence-corrected chi connectivity index (χ1v) is 9.78. The lowest BCUT2D eigenvalue weighted by Gasteiger charge is -2.27. The molecule has 0 aliphatic heterocycles. The molecular formula is C20H24N4O2S. The Kier molecular flexibility index (Phi) is 5.32. The number of fused-ring (bicyclic) bond motifs is 1. The SMILES string of the molecule is CCN(c1ccc(NC(=O)c2sc3ncn(C)c(=O)c3c2C)cc1)C(C)C. The van der Waals surface area contributed by atoms with E-state index in [2.05, 4.69) is 36.0 Å². The molecule has 142 valence electrons. The summed E-state index contributed by atoms with van der Waals surface area (Å²) >= 11 is 1.24. The standard InChI is InChI=1S/C20H24N4O2S/c1-6-24(12(2)3)15-9-7-14(8-10-15)22-18(25)17-13(4)16-19(27-17)21-11-23(5)20(16)26/h7-12H,6H2,1-5H3,(H,22,25). The maximum absolute atomic E-state index is 12.7. The van der Waals surface area contributed by atoms with Crippen molar-refractivity contribution in [1.29, 1.82) is 0 Å². The van der Waals surface area contributed by atoms with Crippen LogP contribution >= 0.6 is 11.3 Å². The smallest absolute Gasteiger partial charge is 0.266 e. The van der Waals surface area contributed by atoms with Crippen LogP contribution in [0.4, 0.5) is 11.4 Å². The molecule has 1 aromatic carbocycles. The van der Waals surface area contributed by atoms with Gasteiger partial charge in [0.15, 0.2) is 0 Å². The number of nitrogens with one attached hydrogen (secondary N) is 1. The molecule has 2 heterocycles. The van der Waals surface area contributed by atoms with Crippen molar-refractivity contribution in [2.24, 2.45) is 7.05 Å². The Morgan fingerprint density at radius 1 is 1.30 bits per heavy atom.